The number of benzene rings is 1. The van der Waals surface area contributed by atoms with Crippen LogP contribution in [0.4, 0.5) is 4.39 Å². The highest BCUT2D eigenvalue weighted by molar-refractivity contribution is 5.94. The third-order valence-corrected chi connectivity index (χ3v) is 5.58. The van der Waals surface area contributed by atoms with Crippen LogP contribution in [0, 0.1) is 5.82 Å². The van der Waals surface area contributed by atoms with Crippen molar-refractivity contribution in [1.29, 1.82) is 0 Å². The molecule has 1 amide bonds. The molecular formula is C21H27FN4O. The van der Waals surface area contributed by atoms with Gasteiger partial charge < -0.3 is 14.8 Å². The van der Waals surface area contributed by atoms with Gasteiger partial charge in [0.1, 0.15) is 17.3 Å². The minimum Gasteiger partial charge on any atom is -0.349 e. The summed E-state index contributed by atoms with van der Waals surface area (Å²) in [6, 6.07) is 6.48. The van der Waals surface area contributed by atoms with Crippen LogP contribution in [0.5, 0.6) is 0 Å². The van der Waals surface area contributed by atoms with E-state index in [1.807, 2.05) is 6.07 Å². The van der Waals surface area contributed by atoms with Crippen molar-refractivity contribution in [3.63, 3.8) is 0 Å². The smallest absolute Gasteiger partial charge is 0.271 e. The zero-order chi connectivity index (χ0) is 18.6. The molecule has 2 aromatic rings. The molecule has 0 bridgehead atoms. The molecule has 0 radical (unpaired) electrons. The predicted octanol–water partition coefficient (Wildman–Crippen LogP) is 3.24. The standard InChI is InChI=1S/C21H27FN4O/c22-17-8-6-7-16(15-17)20-24-19(18-9-2-1-3-13-26(18)20)21(27)23-10-14-25-11-4-5-12-25/h6-8,15H,1-5,9-14H2,(H,23,27). The van der Waals surface area contributed by atoms with Crippen molar-refractivity contribution in [1.82, 2.24) is 19.8 Å². The van der Waals surface area contributed by atoms with Crippen molar-refractivity contribution < 1.29 is 9.18 Å². The average molecular weight is 370 g/mol. The van der Waals surface area contributed by atoms with E-state index in [1.165, 1.54) is 25.0 Å². The third-order valence-electron chi connectivity index (χ3n) is 5.58. The topological polar surface area (TPSA) is 50.2 Å². The molecule has 1 aromatic heterocycles. The molecule has 0 unspecified atom stereocenters. The molecule has 6 heteroatoms. The zero-order valence-corrected chi connectivity index (χ0v) is 15.7. The number of amides is 1. The number of likely N-dealkylation sites (tertiary alicyclic amines) is 1. The Morgan fingerprint density at radius 1 is 1.11 bits per heavy atom. The van der Waals surface area contributed by atoms with Gasteiger partial charge in [-0.3, -0.25) is 4.79 Å². The van der Waals surface area contributed by atoms with E-state index in [2.05, 4.69) is 19.8 Å². The van der Waals surface area contributed by atoms with Gasteiger partial charge in [0.2, 0.25) is 0 Å². The van der Waals surface area contributed by atoms with Crippen LogP contribution < -0.4 is 5.32 Å². The summed E-state index contributed by atoms with van der Waals surface area (Å²) in [7, 11) is 0. The summed E-state index contributed by atoms with van der Waals surface area (Å²) in [5.74, 6) is 0.314. The molecule has 0 aliphatic carbocycles. The second-order valence-corrected chi connectivity index (χ2v) is 7.51. The van der Waals surface area contributed by atoms with Crippen LogP contribution in [0.15, 0.2) is 24.3 Å². The van der Waals surface area contributed by atoms with E-state index in [4.69, 9.17) is 0 Å². The molecule has 144 valence electrons. The largest absolute Gasteiger partial charge is 0.349 e. The fourth-order valence-corrected chi connectivity index (χ4v) is 4.17. The second kappa shape index (κ2) is 8.21. The number of nitrogens with one attached hydrogen (secondary N) is 1. The van der Waals surface area contributed by atoms with Gasteiger partial charge in [-0.05, 0) is 57.3 Å². The van der Waals surface area contributed by atoms with Crippen molar-refractivity contribution in [2.45, 2.75) is 45.1 Å². The Hall–Kier alpha value is -2.21. The molecule has 1 saturated heterocycles. The summed E-state index contributed by atoms with van der Waals surface area (Å²) in [6.45, 7) is 4.60. The van der Waals surface area contributed by atoms with Gasteiger partial charge in [-0.15, -0.1) is 0 Å². The molecule has 5 nitrogen and oxygen atoms in total. The summed E-state index contributed by atoms with van der Waals surface area (Å²) in [4.78, 5) is 19.9. The average Bonchev–Trinajstić information content (AvgIpc) is 3.24. The molecular weight excluding hydrogens is 343 g/mol. The molecule has 4 rings (SSSR count). The van der Waals surface area contributed by atoms with Crippen molar-refractivity contribution in [3.8, 4) is 11.4 Å². The maximum absolute atomic E-state index is 13.7. The number of carbonyl (C=O) groups is 1. The van der Waals surface area contributed by atoms with E-state index in [1.54, 1.807) is 6.07 Å². The van der Waals surface area contributed by atoms with Crippen molar-refractivity contribution in [2.24, 2.45) is 0 Å². The number of halogens is 1. The number of aromatic nitrogens is 2. The van der Waals surface area contributed by atoms with Crippen molar-refractivity contribution in [2.75, 3.05) is 26.2 Å². The molecule has 2 aliphatic rings. The zero-order valence-electron chi connectivity index (χ0n) is 15.7. The molecule has 0 saturated carbocycles. The van der Waals surface area contributed by atoms with Gasteiger partial charge >= 0.3 is 0 Å². The number of imidazole rings is 1. The molecule has 1 N–H and O–H groups in total. The maximum Gasteiger partial charge on any atom is 0.271 e. The highest BCUT2D eigenvalue weighted by Crippen LogP contribution is 2.27. The molecule has 3 heterocycles. The summed E-state index contributed by atoms with van der Waals surface area (Å²) >= 11 is 0. The van der Waals surface area contributed by atoms with Crippen LogP contribution in [0.3, 0.4) is 0 Å². The summed E-state index contributed by atoms with van der Waals surface area (Å²) in [5.41, 5.74) is 2.23. The Morgan fingerprint density at radius 2 is 1.93 bits per heavy atom. The van der Waals surface area contributed by atoms with Gasteiger partial charge in [0.15, 0.2) is 0 Å². The number of carbonyl (C=O) groups excluding carboxylic acids is 1. The molecule has 1 aromatic carbocycles. The van der Waals surface area contributed by atoms with Crippen LogP contribution in [0.1, 0.15) is 48.3 Å². The van der Waals surface area contributed by atoms with E-state index in [0.29, 0.717) is 18.1 Å². The molecule has 27 heavy (non-hydrogen) atoms. The lowest BCUT2D eigenvalue weighted by Crippen LogP contribution is -2.34. The molecule has 1 fully saturated rings. The number of hydrogen-bond donors (Lipinski definition) is 1. The lowest BCUT2D eigenvalue weighted by molar-refractivity contribution is 0.0944. The SMILES string of the molecule is O=C(NCCN1CCCC1)c1nc(-c2cccc(F)c2)n2c1CCCCC2. The molecule has 0 atom stereocenters. The van der Waals surface area contributed by atoms with Crippen molar-refractivity contribution >= 4 is 5.91 Å². The minimum absolute atomic E-state index is 0.109. The first-order valence-electron chi connectivity index (χ1n) is 10.1. The summed E-state index contributed by atoms with van der Waals surface area (Å²) < 4.78 is 15.8. The van der Waals surface area contributed by atoms with E-state index < -0.39 is 0 Å². The number of rotatable bonds is 5. The lowest BCUT2D eigenvalue weighted by atomic mass is 10.1. The maximum atomic E-state index is 13.7. The first kappa shape index (κ1) is 18.2. The van der Waals surface area contributed by atoms with E-state index in [9.17, 15) is 9.18 Å². The predicted molar refractivity (Wildman–Crippen MR) is 103 cm³/mol. The number of fused-ring (bicyclic) bond motifs is 1. The van der Waals surface area contributed by atoms with Gasteiger partial charge in [0.25, 0.3) is 5.91 Å². The number of hydrogen-bond acceptors (Lipinski definition) is 3. The van der Waals surface area contributed by atoms with Crippen LogP contribution in [0.25, 0.3) is 11.4 Å². The van der Waals surface area contributed by atoms with Crippen LogP contribution in [0.2, 0.25) is 0 Å². The third kappa shape index (κ3) is 4.05. The first-order chi connectivity index (χ1) is 13.2. The van der Waals surface area contributed by atoms with Gasteiger partial charge in [0, 0.05) is 25.2 Å². The number of nitrogens with zero attached hydrogens (tertiary/aromatic N) is 3. The van der Waals surface area contributed by atoms with Crippen LogP contribution >= 0.6 is 0 Å². The van der Waals surface area contributed by atoms with Crippen LogP contribution in [-0.2, 0) is 13.0 Å². The van der Waals surface area contributed by atoms with E-state index in [0.717, 1.165) is 63.1 Å². The van der Waals surface area contributed by atoms with Gasteiger partial charge in [-0.25, -0.2) is 9.37 Å². The fraction of sp³-hybridized carbons (Fsp3) is 0.524. The van der Waals surface area contributed by atoms with Crippen molar-refractivity contribution in [3.05, 3.63) is 41.5 Å². The Morgan fingerprint density at radius 3 is 2.74 bits per heavy atom. The Balaban J connectivity index is 1.57. The Bertz CT molecular complexity index is 811. The molecule has 0 spiro atoms. The lowest BCUT2D eigenvalue weighted by Gasteiger charge is -2.14. The second-order valence-electron chi connectivity index (χ2n) is 7.51. The monoisotopic (exact) mass is 370 g/mol. The van der Waals surface area contributed by atoms with Gasteiger partial charge in [0.05, 0.1) is 5.69 Å². The Kier molecular flexibility index (Phi) is 5.53. The van der Waals surface area contributed by atoms with Gasteiger partial charge in [-0.2, -0.15) is 0 Å². The van der Waals surface area contributed by atoms with E-state index >= 15 is 0 Å². The molecule has 2 aliphatic heterocycles. The first-order valence-corrected chi connectivity index (χ1v) is 10.1. The summed E-state index contributed by atoms with van der Waals surface area (Å²) in [5, 5.41) is 3.04. The van der Waals surface area contributed by atoms with Gasteiger partial charge in [-0.1, -0.05) is 18.6 Å². The highest BCUT2D eigenvalue weighted by Gasteiger charge is 2.24. The van der Waals surface area contributed by atoms with E-state index in [-0.39, 0.29) is 11.7 Å². The quantitative estimate of drug-likeness (QED) is 0.879. The summed E-state index contributed by atoms with van der Waals surface area (Å²) in [6.07, 6.45) is 6.60. The minimum atomic E-state index is -0.282. The fourth-order valence-electron chi connectivity index (χ4n) is 4.17. The highest BCUT2D eigenvalue weighted by atomic mass is 19.1. The Labute approximate surface area is 159 Å². The van der Waals surface area contributed by atoms with Crippen LogP contribution in [-0.4, -0.2) is 46.5 Å². The normalized spacial score (nSPS) is 17.5.